The molecule has 0 bridgehead atoms. The summed E-state index contributed by atoms with van der Waals surface area (Å²) in [4.78, 5) is 3.98. The summed E-state index contributed by atoms with van der Waals surface area (Å²) >= 11 is 0. The fraction of sp³-hybridized carbons (Fsp3) is 0.0556. The van der Waals surface area contributed by atoms with Gasteiger partial charge in [-0.15, -0.1) is 0 Å². The van der Waals surface area contributed by atoms with Gasteiger partial charge in [-0.05, 0) is 23.8 Å². The van der Waals surface area contributed by atoms with Gasteiger partial charge in [0.1, 0.15) is 6.07 Å². The summed E-state index contributed by atoms with van der Waals surface area (Å²) in [5.74, 6) is -0.390. The third-order valence-corrected chi connectivity index (χ3v) is 5.02. The van der Waals surface area contributed by atoms with Crippen LogP contribution in [-0.2, 0) is 15.6 Å². The van der Waals surface area contributed by atoms with Gasteiger partial charge in [-0.3, -0.25) is 0 Å². The predicted octanol–water partition coefficient (Wildman–Crippen LogP) is 3.06. The number of nitrogens with zero attached hydrogens (tertiary/aromatic N) is 3. The molecule has 3 rings (SSSR count). The topological polar surface area (TPSA) is 108 Å². The second kappa shape index (κ2) is 6.60. The van der Waals surface area contributed by atoms with Crippen LogP contribution in [0.2, 0.25) is 0 Å². The first-order valence-electron chi connectivity index (χ1n) is 7.22. The lowest BCUT2D eigenvalue weighted by Gasteiger charge is -2.03. The zero-order valence-electron chi connectivity index (χ0n) is 12.9. The molecule has 0 aliphatic heterocycles. The van der Waals surface area contributed by atoms with Gasteiger partial charge in [-0.2, -0.15) is 15.5 Å². The van der Waals surface area contributed by atoms with Crippen LogP contribution in [0.4, 0.5) is 0 Å². The van der Waals surface area contributed by atoms with E-state index in [9.17, 15) is 13.7 Å². The Morgan fingerprint density at radius 1 is 0.960 bits per heavy atom. The van der Waals surface area contributed by atoms with Crippen molar-refractivity contribution in [2.75, 3.05) is 0 Å². The minimum absolute atomic E-state index is 0.0595. The van der Waals surface area contributed by atoms with Crippen molar-refractivity contribution in [3.05, 3.63) is 71.4 Å². The molecule has 0 amide bonds. The lowest BCUT2D eigenvalue weighted by atomic mass is 10.1. The lowest BCUT2D eigenvalue weighted by molar-refractivity contribution is 0.457. The van der Waals surface area contributed by atoms with Crippen molar-refractivity contribution in [1.82, 2.24) is 4.98 Å². The van der Waals surface area contributed by atoms with E-state index in [0.29, 0.717) is 11.1 Å². The Labute approximate surface area is 144 Å². The van der Waals surface area contributed by atoms with Crippen LogP contribution in [0.3, 0.4) is 0 Å². The zero-order chi connectivity index (χ0) is 17.9. The number of oxazole rings is 1. The maximum atomic E-state index is 12.7. The van der Waals surface area contributed by atoms with Gasteiger partial charge >= 0.3 is 0 Å². The van der Waals surface area contributed by atoms with Gasteiger partial charge < -0.3 is 4.42 Å². The Bertz CT molecular complexity index is 1100. The predicted molar refractivity (Wildman–Crippen MR) is 88.7 cm³/mol. The Kier molecular flexibility index (Phi) is 4.34. The van der Waals surface area contributed by atoms with Gasteiger partial charge in [-0.25, -0.2) is 8.42 Å². The van der Waals surface area contributed by atoms with Crippen molar-refractivity contribution in [2.45, 2.75) is 10.8 Å². The first kappa shape index (κ1) is 16.4. The van der Waals surface area contributed by atoms with Crippen molar-refractivity contribution in [3.8, 4) is 23.6 Å². The van der Waals surface area contributed by atoms with Gasteiger partial charge in [0.05, 0.1) is 17.4 Å². The molecule has 6 nitrogen and oxygen atoms in total. The van der Waals surface area contributed by atoms with Crippen molar-refractivity contribution in [2.24, 2.45) is 0 Å². The van der Waals surface area contributed by atoms with E-state index < -0.39 is 20.7 Å². The monoisotopic (exact) mass is 349 g/mol. The molecule has 0 saturated heterocycles. The number of aromatic nitrogens is 1. The summed E-state index contributed by atoms with van der Waals surface area (Å²) in [5, 5.41) is 17.8. The molecule has 0 saturated carbocycles. The highest BCUT2D eigenvalue weighted by atomic mass is 32.2. The molecule has 1 aromatic heterocycles. The van der Waals surface area contributed by atoms with Gasteiger partial charge in [0.25, 0.3) is 5.09 Å². The van der Waals surface area contributed by atoms with Crippen LogP contribution >= 0.6 is 0 Å². The molecule has 0 fully saturated rings. The third-order valence-electron chi connectivity index (χ3n) is 3.49. The molecule has 0 unspecified atom stereocenters. The normalized spacial score (nSPS) is 10.8. The summed E-state index contributed by atoms with van der Waals surface area (Å²) < 4.78 is 30.8. The summed E-state index contributed by atoms with van der Waals surface area (Å²) in [6.07, 6.45) is 0. The van der Waals surface area contributed by atoms with E-state index >= 15 is 0 Å². The third kappa shape index (κ3) is 3.27. The van der Waals surface area contributed by atoms with E-state index in [1.807, 2.05) is 6.07 Å². The summed E-state index contributed by atoms with van der Waals surface area (Å²) in [5.41, 5.74) is 0.866. The first-order valence-corrected chi connectivity index (χ1v) is 8.87. The van der Waals surface area contributed by atoms with Gasteiger partial charge in [0.15, 0.2) is 5.69 Å². The Morgan fingerprint density at radius 3 is 2.32 bits per heavy atom. The van der Waals surface area contributed by atoms with Crippen molar-refractivity contribution in [3.63, 3.8) is 0 Å². The minimum Gasteiger partial charge on any atom is -0.423 e. The van der Waals surface area contributed by atoms with Crippen LogP contribution in [0, 0.1) is 22.7 Å². The molecule has 25 heavy (non-hydrogen) atoms. The molecule has 0 N–H and O–H groups in total. The van der Waals surface area contributed by atoms with Crippen LogP contribution < -0.4 is 0 Å². The van der Waals surface area contributed by atoms with Crippen molar-refractivity contribution < 1.29 is 12.8 Å². The molecule has 7 heteroatoms. The van der Waals surface area contributed by atoms with Crippen LogP contribution in [0.15, 0.2) is 64.1 Å². The highest BCUT2D eigenvalue weighted by molar-refractivity contribution is 7.90. The van der Waals surface area contributed by atoms with Gasteiger partial charge in [-0.1, -0.05) is 36.4 Å². The van der Waals surface area contributed by atoms with Crippen LogP contribution in [-0.4, -0.2) is 13.4 Å². The number of sulfone groups is 1. The lowest BCUT2D eigenvalue weighted by Crippen LogP contribution is -2.07. The largest absolute Gasteiger partial charge is 0.423 e. The summed E-state index contributed by atoms with van der Waals surface area (Å²) in [7, 11) is -3.98. The maximum absolute atomic E-state index is 12.7. The second-order valence-corrected chi connectivity index (χ2v) is 7.05. The number of hydrogen-bond donors (Lipinski definition) is 0. The van der Waals surface area contributed by atoms with Crippen LogP contribution in [0.25, 0.3) is 11.5 Å². The van der Waals surface area contributed by atoms with E-state index in [-0.39, 0.29) is 17.1 Å². The summed E-state index contributed by atoms with van der Waals surface area (Å²) in [6, 6.07) is 18.8. The van der Waals surface area contributed by atoms with E-state index in [0.717, 1.165) is 0 Å². The molecule has 0 aliphatic carbocycles. The summed E-state index contributed by atoms with van der Waals surface area (Å²) in [6.45, 7) is 0. The number of rotatable bonds is 4. The molecular weight excluding hydrogens is 338 g/mol. The second-order valence-electron chi connectivity index (χ2n) is 5.16. The minimum atomic E-state index is -3.98. The standard InChI is InChI=1S/C18H11N3O3S/c19-10-14-8-4-5-9-15(14)12-25(22,23)18-16(11-20)21-17(24-18)13-6-2-1-3-7-13/h1-9H,12H2. The first-order chi connectivity index (χ1) is 12.0. The van der Waals surface area contributed by atoms with E-state index in [1.165, 1.54) is 6.07 Å². The Hall–Kier alpha value is -3.42. The van der Waals surface area contributed by atoms with E-state index in [4.69, 9.17) is 9.68 Å². The molecule has 122 valence electrons. The molecular formula is C18H11N3O3S. The molecule has 3 aromatic rings. The van der Waals surface area contributed by atoms with Gasteiger partial charge in [0, 0.05) is 5.56 Å². The fourth-order valence-corrected chi connectivity index (χ4v) is 3.70. The molecule has 2 aromatic carbocycles. The smallest absolute Gasteiger partial charge is 0.257 e. The highest BCUT2D eigenvalue weighted by Crippen LogP contribution is 2.27. The average Bonchev–Trinajstić information content (AvgIpc) is 3.08. The SMILES string of the molecule is N#Cc1ccccc1CS(=O)(=O)c1oc(-c2ccccc2)nc1C#N. The Balaban J connectivity index is 2.05. The Morgan fingerprint density at radius 2 is 1.64 bits per heavy atom. The van der Waals surface area contributed by atoms with Crippen molar-refractivity contribution in [1.29, 1.82) is 10.5 Å². The molecule has 0 atom stereocenters. The van der Waals surface area contributed by atoms with Crippen molar-refractivity contribution >= 4 is 9.84 Å². The highest BCUT2D eigenvalue weighted by Gasteiger charge is 2.28. The number of hydrogen-bond acceptors (Lipinski definition) is 6. The van der Waals surface area contributed by atoms with E-state index in [2.05, 4.69) is 4.98 Å². The molecule has 0 aliphatic rings. The molecule has 0 spiro atoms. The number of nitriles is 2. The van der Waals surface area contributed by atoms with E-state index in [1.54, 1.807) is 54.6 Å². The van der Waals surface area contributed by atoms with Gasteiger partial charge in [0.2, 0.25) is 15.7 Å². The van der Waals surface area contributed by atoms with Crippen LogP contribution in [0.1, 0.15) is 16.8 Å². The van der Waals surface area contributed by atoms with Crippen LogP contribution in [0.5, 0.6) is 0 Å². The maximum Gasteiger partial charge on any atom is 0.257 e. The molecule has 1 heterocycles. The quantitative estimate of drug-likeness (QED) is 0.716. The number of benzene rings is 2. The fourth-order valence-electron chi connectivity index (χ4n) is 2.32. The molecule has 0 radical (unpaired) electrons. The average molecular weight is 349 g/mol. The zero-order valence-corrected chi connectivity index (χ0v) is 13.7.